The molecule has 2 aliphatic rings. The monoisotopic (exact) mass is 396 g/mol. The van der Waals surface area contributed by atoms with Gasteiger partial charge in [-0.1, -0.05) is 12.1 Å². The van der Waals surface area contributed by atoms with Crippen LogP contribution in [0.25, 0.3) is 0 Å². The number of halogens is 1. The Bertz CT molecular complexity index is 648. The quantitative estimate of drug-likeness (QED) is 0.720. The average molecular weight is 396 g/mol. The number of hydrogen-bond donors (Lipinski definition) is 1. The van der Waals surface area contributed by atoms with Crippen LogP contribution in [0.5, 0.6) is 0 Å². The third-order valence-electron chi connectivity index (χ3n) is 4.75. The standard InChI is InChI=1S/C19H25FN2O4S/c20-15-3-1-14(2-4-15)17(23)11-22(16-5-6-16)19(25)13-27-12-18(24)21-7-9-26-10-8-21/h1-4,16-17,23H,5-13H2/t17-/m1/s1. The second-order valence-electron chi connectivity index (χ2n) is 6.83. The molecule has 1 aromatic carbocycles. The summed E-state index contributed by atoms with van der Waals surface area (Å²) in [6, 6.07) is 5.82. The van der Waals surface area contributed by atoms with E-state index in [2.05, 4.69) is 0 Å². The van der Waals surface area contributed by atoms with Gasteiger partial charge in [0.25, 0.3) is 0 Å². The molecule has 1 aromatic rings. The van der Waals surface area contributed by atoms with Crippen LogP contribution in [0.1, 0.15) is 24.5 Å². The van der Waals surface area contributed by atoms with E-state index < -0.39 is 6.10 Å². The van der Waals surface area contributed by atoms with Gasteiger partial charge in [0.15, 0.2) is 0 Å². The lowest BCUT2D eigenvalue weighted by Gasteiger charge is -2.27. The Kier molecular flexibility index (Phi) is 7.09. The number of hydrogen-bond acceptors (Lipinski definition) is 5. The van der Waals surface area contributed by atoms with E-state index in [1.807, 2.05) is 0 Å². The molecule has 1 aliphatic heterocycles. The first kappa shape index (κ1) is 20.1. The summed E-state index contributed by atoms with van der Waals surface area (Å²) >= 11 is 1.31. The highest BCUT2D eigenvalue weighted by Crippen LogP contribution is 2.29. The molecule has 3 rings (SSSR count). The Hall–Kier alpha value is -1.64. The van der Waals surface area contributed by atoms with Crippen molar-refractivity contribution in [2.75, 3.05) is 44.4 Å². The first-order chi connectivity index (χ1) is 13.0. The smallest absolute Gasteiger partial charge is 0.232 e. The van der Waals surface area contributed by atoms with Crippen LogP contribution in [0, 0.1) is 5.82 Å². The number of aliphatic hydroxyl groups excluding tert-OH is 1. The van der Waals surface area contributed by atoms with Crippen molar-refractivity contribution < 1.29 is 23.8 Å². The SMILES string of the molecule is O=C(CSCC(=O)N(C[C@@H](O)c1ccc(F)cc1)C1CC1)N1CCOCC1. The predicted octanol–water partition coefficient (Wildman–Crippen LogP) is 1.44. The number of benzene rings is 1. The molecule has 2 fully saturated rings. The lowest BCUT2D eigenvalue weighted by atomic mass is 10.1. The third kappa shape index (κ3) is 5.92. The topological polar surface area (TPSA) is 70.1 Å². The summed E-state index contributed by atoms with van der Waals surface area (Å²) in [6.07, 6.45) is 1.01. The van der Waals surface area contributed by atoms with Crippen molar-refractivity contribution in [1.82, 2.24) is 9.80 Å². The van der Waals surface area contributed by atoms with E-state index >= 15 is 0 Å². The zero-order valence-electron chi connectivity index (χ0n) is 15.2. The molecule has 0 spiro atoms. The Labute approximate surface area is 162 Å². The number of morpholine rings is 1. The Morgan fingerprint density at radius 3 is 2.52 bits per heavy atom. The molecule has 1 N–H and O–H groups in total. The number of carbonyl (C=O) groups excluding carboxylic acids is 2. The van der Waals surface area contributed by atoms with Gasteiger partial charge in [0.2, 0.25) is 11.8 Å². The van der Waals surface area contributed by atoms with E-state index in [-0.39, 0.29) is 41.7 Å². The fraction of sp³-hybridized carbons (Fsp3) is 0.579. The van der Waals surface area contributed by atoms with E-state index in [9.17, 15) is 19.1 Å². The van der Waals surface area contributed by atoms with Crippen LogP contribution in [0.2, 0.25) is 0 Å². The number of aliphatic hydroxyl groups is 1. The van der Waals surface area contributed by atoms with Crippen molar-refractivity contribution in [3.05, 3.63) is 35.6 Å². The zero-order valence-corrected chi connectivity index (χ0v) is 16.0. The van der Waals surface area contributed by atoms with E-state index in [1.165, 1.54) is 36.0 Å². The molecule has 0 bridgehead atoms. The van der Waals surface area contributed by atoms with Crippen molar-refractivity contribution in [2.24, 2.45) is 0 Å². The van der Waals surface area contributed by atoms with Gasteiger partial charge >= 0.3 is 0 Å². The summed E-state index contributed by atoms with van der Waals surface area (Å²) in [5.41, 5.74) is 0.588. The van der Waals surface area contributed by atoms with Gasteiger partial charge in [0, 0.05) is 19.1 Å². The Morgan fingerprint density at radius 1 is 1.22 bits per heavy atom. The van der Waals surface area contributed by atoms with Gasteiger partial charge in [0.05, 0.1) is 37.4 Å². The van der Waals surface area contributed by atoms with Crippen molar-refractivity contribution in [1.29, 1.82) is 0 Å². The summed E-state index contributed by atoms with van der Waals surface area (Å²) < 4.78 is 18.3. The first-order valence-corrected chi connectivity index (χ1v) is 10.4. The van der Waals surface area contributed by atoms with Gasteiger partial charge < -0.3 is 19.6 Å². The van der Waals surface area contributed by atoms with Gasteiger partial charge in [-0.05, 0) is 30.5 Å². The lowest BCUT2D eigenvalue weighted by Crippen LogP contribution is -2.42. The molecule has 1 heterocycles. The minimum atomic E-state index is -0.852. The first-order valence-electron chi connectivity index (χ1n) is 9.21. The molecule has 1 saturated heterocycles. The largest absolute Gasteiger partial charge is 0.387 e. The number of ether oxygens (including phenoxy) is 1. The number of thioether (sulfide) groups is 1. The van der Waals surface area contributed by atoms with Crippen LogP contribution in [0.3, 0.4) is 0 Å². The summed E-state index contributed by atoms with van der Waals surface area (Å²) in [6.45, 7) is 2.52. The van der Waals surface area contributed by atoms with Crippen molar-refractivity contribution in [3.8, 4) is 0 Å². The van der Waals surface area contributed by atoms with Crippen LogP contribution in [0.4, 0.5) is 4.39 Å². The highest BCUT2D eigenvalue weighted by Gasteiger charge is 2.34. The molecule has 0 radical (unpaired) electrons. The van der Waals surface area contributed by atoms with Gasteiger partial charge in [-0.25, -0.2) is 4.39 Å². The molecule has 0 aromatic heterocycles. The maximum Gasteiger partial charge on any atom is 0.232 e. The van der Waals surface area contributed by atoms with Gasteiger partial charge in [-0.15, -0.1) is 11.8 Å². The molecule has 1 atom stereocenters. The second-order valence-corrected chi connectivity index (χ2v) is 7.82. The maximum absolute atomic E-state index is 13.0. The molecule has 0 unspecified atom stereocenters. The molecule has 27 heavy (non-hydrogen) atoms. The summed E-state index contributed by atoms with van der Waals surface area (Å²) in [4.78, 5) is 28.2. The molecule has 1 aliphatic carbocycles. The molecular formula is C19H25FN2O4S. The third-order valence-corrected chi connectivity index (χ3v) is 5.65. The van der Waals surface area contributed by atoms with Crippen LogP contribution < -0.4 is 0 Å². The molecule has 1 saturated carbocycles. The molecule has 6 nitrogen and oxygen atoms in total. The van der Waals surface area contributed by atoms with Crippen molar-refractivity contribution in [2.45, 2.75) is 25.0 Å². The summed E-state index contributed by atoms with van der Waals surface area (Å²) in [5.74, 6) is 0.0780. The van der Waals surface area contributed by atoms with Gasteiger partial charge in [0.1, 0.15) is 5.82 Å². The molecule has 8 heteroatoms. The normalized spacial score (nSPS) is 18.2. The van der Waals surface area contributed by atoms with Crippen LogP contribution in [0.15, 0.2) is 24.3 Å². The number of nitrogens with zero attached hydrogens (tertiary/aromatic N) is 2. The fourth-order valence-electron chi connectivity index (χ4n) is 3.03. The summed E-state index contributed by atoms with van der Waals surface area (Å²) in [7, 11) is 0. The fourth-order valence-corrected chi connectivity index (χ4v) is 3.83. The van der Waals surface area contributed by atoms with Crippen LogP contribution >= 0.6 is 11.8 Å². The predicted molar refractivity (Wildman–Crippen MR) is 101 cm³/mol. The van der Waals surface area contributed by atoms with E-state index in [1.54, 1.807) is 9.80 Å². The van der Waals surface area contributed by atoms with E-state index in [0.717, 1.165) is 12.8 Å². The second kappa shape index (κ2) is 9.52. The Morgan fingerprint density at radius 2 is 1.89 bits per heavy atom. The highest BCUT2D eigenvalue weighted by atomic mass is 32.2. The average Bonchev–Trinajstić information content (AvgIpc) is 3.52. The highest BCUT2D eigenvalue weighted by molar-refractivity contribution is 8.00. The van der Waals surface area contributed by atoms with Crippen molar-refractivity contribution in [3.63, 3.8) is 0 Å². The van der Waals surface area contributed by atoms with E-state index in [4.69, 9.17) is 4.74 Å². The van der Waals surface area contributed by atoms with Gasteiger partial charge in [-0.3, -0.25) is 9.59 Å². The minimum absolute atomic E-state index is 0.0282. The maximum atomic E-state index is 13.0. The number of rotatable bonds is 8. The van der Waals surface area contributed by atoms with Gasteiger partial charge in [-0.2, -0.15) is 0 Å². The van der Waals surface area contributed by atoms with Crippen LogP contribution in [-0.2, 0) is 14.3 Å². The number of amides is 2. The Balaban J connectivity index is 1.47. The lowest BCUT2D eigenvalue weighted by molar-refractivity contribution is -0.132. The zero-order chi connectivity index (χ0) is 19.2. The van der Waals surface area contributed by atoms with Crippen LogP contribution in [-0.4, -0.2) is 77.1 Å². The number of carbonyl (C=O) groups is 2. The molecule has 2 amide bonds. The minimum Gasteiger partial charge on any atom is -0.387 e. The molecular weight excluding hydrogens is 371 g/mol. The molecule has 148 valence electrons. The summed E-state index contributed by atoms with van der Waals surface area (Å²) in [5, 5.41) is 10.4. The van der Waals surface area contributed by atoms with Crippen molar-refractivity contribution >= 4 is 23.6 Å². The van der Waals surface area contributed by atoms with E-state index in [0.29, 0.717) is 31.9 Å².